The Morgan fingerprint density at radius 2 is 1.77 bits per heavy atom. The smallest absolute Gasteiger partial charge is 0.238 e. The third kappa shape index (κ3) is 4.11. The van der Waals surface area contributed by atoms with Crippen molar-refractivity contribution < 1.29 is 14.3 Å². The molecular formula is C22H24Cl2N2O3S. The minimum absolute atomic E-state index is 0. The largest absolute Gasteiger partial charge is 0.486 e. The summed E-state index contributed by atoms with van der Waals surface area (Å²) in [5.41, 5.74) is 0.943. The van der Waals surface area contributed by atoms with Gasteiger partial charge in [0.1, 0.15) is 12.7 Å². The molecule has 5 rings (SSSR count). The molecule has 160 valence electrons. The molecule has 2 aromatic carbocycles. The zero-order chi connectivity index (χ0) is 19.8. The standard InChI is InChI=1S/C22H23ClN2O3S.ClH/c23-16-5-7-17(8-6-16)25-21(26)15-29-22(25)9-11-24(12-10-22)13-18-14-27-19-3-1-2-4-20(19)28-18;/h1-8,18H,9-15H2;1H. The zero-order valence-corrected chi connectivity index (χ0v) is 18.8. The van der Waals surface area contributed by atoms with Gasteiger partial charge in [0.25, 0.3) is 0 Å². The van der Waals surface area contributed by atoms with E-state index in [4.69, 9.17) is 21.1 Å². The number of fused-ring (bicyclic) bond motifs is 1. The Hall–Kier alpha value is -1.60. The average molecular weight is 467 g/mol. The van der Waals surface area contributed by atoms with Gasteiger partial charge in [-0.25, -0.2) is 0 Å². The van der Waals surface area contributed by atoms with Crippen molar-refractivity contribution in [2.45, 2.75) is 23.8 Å². The summed E-state index contributed by atoms with van der Waals surface area (Å²) in [7, 11) is 0. The lowest BCUT2D eigenvalue weighted by Crippen LogP contribution is -2.54. The fourth-order valence-electron chi connectivity index (χ4n) is 4.42. The Balaban J connectivity index is 0.00000218. The van der Waals surface area contributed by atoms with Gasteiger partial charge in [-0.3, -0.25) is 14.6 Å². The molecule has 1 amide bonds. The number of benzene rings is 2. The SMILES string of the molecule is Cl.O=C1CSC2(CCN(CC3COc4ccccc4O3)CC2)N1c1ccc(Cl)cc1. The van der Waals surface area contributed by atoms with Crippen LogP contribution in [-0.2, 0) is 4.79 Å². The van der Waals surface area contributed by atoms with Gasteiger partial charge >= 0.3 is 0 Å². The number of carbonyl (C=O) groups excluding carboxylic acids is 1. The van der Waals surface area contributed by atoms with Gasteiger partial charge in [-0.1, -0.05) is 23.7 Å². The summed E-state index contributed by atoms with van der Waals surface area (Å²) in [5.74, 6) is 2.37. The number of carbonyl (C=O) groups is 1. The highest BCUT2D eigenvalue weighted by Gasteiger charge is 2.48. The van der Waals surface area contributed by atoms with Gasteiger partial charge in [-0.2, -0.15) is 0 Å². The maximum atomic E-state index is 12.7. The number of hydrogen-bond donors (Lipinski definition) is 0. The number of hydrogen-bond acceptors (Lipinski definition) is 5. The summed E-state index contributed by atoms with van der Waals surface area (Å²) in [4.78, 5) is 16.9. The van der Waals surface area contributed by atoms with E-state index in [0.717, 1.165) is 49.7 Å². The zero-order valence-electron chi connectivity index (χ0n) is 16.5. The monoisotopic (exact) mass is 466 g/mol. The van der Waals surface area contributed by atoms with Crippen molar-refractivity contribution in [3.63, 3.8) is 0 Å². The van der Waals surface area contributed by atoms with Crippen molar-refractivity contribution in [1.82, 2.24) is 4.90 Å². The Kier molecular flexibility index (Phi) is 6.39. The van der Waals surface area contributed by atoms with Crippen LogP contribution in [0.3, 0.4) is 0 Å². The van der Waals surface area contributed by atoms with E-state index in [-0.39, 0.29) is 29.3 Å². The second-order valence-electron chi connectivity index (χ2n) is 7.74. The summed E-state index contributed by atoms with van der Waals surface area (Å²) < 4.78 is 12.0. The predicted molar refractivity (Wildman–Crippen MR) is 123 cm³/mol. The van der Waals surface area contributed by atoms with Crippen LogP contribution in [0, 0.1) is 0 Å². The molecule has 0 radical (unpaired) electrons. The Labute approximate surface area is 192 Å². The number of nitrogens with zero attached hydrogens (tertiary/aromatic N) is 2. The van der Waals surface area contributed by atoms with E-state index in [9.17, 15) is 4.79 Å². The third-order valence-corrected chi connectivity index (χ3v) is 7.64. The minimum atomic E-state index is -0.155. The number of anilines is 1. The highest BCUT2D eigenvalue weighted by atomic mass is 35.5. The van der Waals surface area contributed by atoms with Crippen LogP contribution in [0.25, 0.3) is 0 Å². The minimum Gasteiger partial charge on any atom is -0.486 e. The molecule has 2 saturated heterocycles. The van der Waals surface area contributed by atoms with Crippen LogP contribution >= 0.6 is 35.8 Å². The van der Waals surface area contributed by atoms with E-state index in [1.807, 2.05) is 53.4 Å². The number of rotatable bonds is 3. The number of likely N-dealkylation sites (tertiary alicyclic amines) is 1. The highest BCUT2D eigenvalue weighted by molar-refractivity contribution is 8.02. The summed E-state index contributed by atoms with van der Waals surface area (Å²) in [6, 6.07) is 15.4. The lowest BCUT2D eigenvalue weighted by Gasteiger charge is -2.44. The van der Waals surface area contributed by atoms with E-state index < -0.39 is 0 Å². The summed E-state index contributed by atoms with van der Waals surface area (Å²) in [6.45, 7) is 3.28. The number of para-hydroxylation sites is 2. The molecule has 8 heteroatoms. The number of piperidine rings is 1. The Bertz CT molecular complexity index is 904. The topological polar surface area (TPSA) is 42.0 Å². The average Bonchev–Trinajstić information content (AvgIpc) is 3.06. The van der Waals surface area contributed by atoms with Crippen LogP contribution in [0.2, 0.25) is 5.02 Å². The third-order valence-electron chi connectivity index (χ3n) is 5.87. The number of ether oxygens (including phenoxy) is 2. The highest BCUT2D eigenvalue weighted by Crippen LogP contribution is 2.47. The van der Waals surface area contributed by atoms with Gasteiger partial charge in [0.15, 0.2) is 11.5 Å². The van der Waals surface area contributed by atoms with Gasteiger partial charge in [-0.05, 0) is 49.2 Å². The first-order chi connectivity index (χ1) is 14.1. The molecular weight excluding hydrogens is 443 g/mol. The van der Waals surface area contributed by atoms with E-state index in [1.165, 1.54) is 0 Å². The van der Waals surface area contributed by atoms with Gasteiger partial charge < -0.3 is 9.47 Å². The molecule has 3 aliphatic rings. The molecule has 30 heavy (non-hydrogen) atoms. The van der Waals surface area contributed by atoms with E-state index in [1.54, 1.807) is 11.8 Å². The lowest BCUT2D eigenvalue weighted by atomic mass is 10.0. The lowest BCUT2D eigenvalue weighted by molar-refractivity contribution is -0.116. The van der Waals surface area contributed by atoms with Gasteiger partial charge in [0.05, 0.1) is 10.6 Å². The molecule has 1 unspecified atom stereocenters. The van der Waals surface area contributed by atoms with Crippen LogP contribution in [0.5, 0.6) is 11.5 Å². The molecule has 0 saturated carbocycles. The maximum absolute atomic E-state index is 12.7. The van der Waals surface area contributed by atoms with Gasteiger partial charge in [0.2, 0.25) is 5.91 Å². The van der Waals surface area contributed by atoms with Crippen LogP contribution in [0.15, 0.2) is 48.5 Å². The molecule has 0 aromatic heterocycles. The number of thioether (sulfide) groups is 1. The van der Waals surface area contributed by atoms with Gasteiger partial charge in [0, 0.05) is 30.3 Å². The molecule has 2 fully saturated rings. The first kappa shape index (κ1) is 21.6. The van der Waals surface area contributed by atoms with Crippen LogP contribution in [-0.4, -0.2) is 53.8 Å². The summed E-state index contributed by atoms with van der Waals surface area (Å²) in [6.07, 6.45) is 1.91. The molecule has 0 bridgehead atoms. The van der Waals surface area contributed by atoms with Crippen molar-refractivity contribution in [2.75, 3.05) is 36.9 Å². The Morgan fingerprint density at radius 1 is 1.07 bits per heavy atom. The molecule has 5 nitrogen and oxygen atoms in total. The molecule has 1 spiro atoms. The normalized spacial score (nSPS) is 22.8. The molecule has 1 atom stereocenters. The molecule has 3 heterocycles. The van der Waals surface area contributed by atoms with Crippen LogP contribution < -0.4 is 14.4 Å². The second kappa shape index (κ2) is 8.87. The van der Waals surface area contributed by atoms with E-state index in [0.29, 0.717) is 17.4 Å². The van der Waals surface area contributed by atoms with Crippen LogP contribution in [0.4, 0.5) is 5.69 Å². The van der Waals surface area contributed by atoms with Crippen molar-refractivity contribution in [3.8, 4) is 11.5 Å². The van der Waals surface area contributed by atoms with Crippen molar-refractivity contribution in [2.24, 2.45) is 0 Å². The molecule has 2 aromatic rings. The molecule has 0 aliphatic carbocycles. The van der Waals surface area contributed by atoms with Crippen molar-refractivity contribution in [3.05, 3.63) is 53.6 Å². The number of amides is 1. The first-order valence-corrected chi connectivity index (χ1v) is 11.3. The number of halogens is 2. The maximum Gasteiger partial charge on any atom is 0.238 e. The fourth-order valence-corrected chi connectivity index (χ4v) is 5.87. The summed E-state index contributed by atoms with van der Waals surface area (Å²) >= 11 is 7.82. The predicted octanol–water partition coefficient (Wildman–Crippen LogP) is 4.47. The Morgan fingerprint density at radius 3 is 2.50 bits per heavy atom. The van der Waals surface area contributed by atoms with Crippen molar-refractivity contribution >= 4 is 47.4 Å². The van der Waals surface area contributed by atoms with Gasteiger partial charge in [-0.15, -0.1) is 24.2 Å². The van der Waals surface area contributed by atoms with E-state index in [2.05, 4.69) is 4.90 Å². The first-order valence-electron chi connectivity index (χ1n) is 9.96. The summed E-state index contributed by atoms with van der Waals surface area (Å²) in [5, 5.41) is 0.688. The van der Waals surface area contributed by atoms with Crippen LogP contribution in [0.1, 0.15) is 12.8 Å². The van der Waals surface area contributed by atoms with Crippen molar-refractivity contribution in [1.29, 1.82) is 0 Å². The second-order valence-corrected chi connectivity index (χ2v) is 9.51. The quantitative estimate of drug-likeness (QED) is 0.666. The molecule has 3 aliphatic heterocycles. The molecule has 0 N–H and O–H groups in total. The van der Waals surface area contributed by atoms with E-state index >= 15 is 0 Å². The fraction of sp³-hybridized carbons (Fsp3) is 0.409.